The Morgan fingerprint density at radius 2 is 1.67 bits per heavy atom. The Hall–Kier alpha value is -3.39. The molecule has 39 heavy (non-hydrogen) atoms. The van der Waals surface area contributed by atoms with Crippen molar-refractivity contribution in [2.75, 3.05) is 14.2 Å². The van der Waals surface area contributed by atoms with Crippen LogP contribution in [0.2, 0.25) is 0 Å². The minimum atomic E-state index is -0.560. The molecule has 2 aliphatic heterocycles. The lowest BCUT2D eigenvalue weighted by molar-refractivity contribution is -0.143. The van der Waals surface area contributed by atoms with E-state index < -0.39 is 6.04 Å². The number of hydrogen-bond acceptors (Lipinski definition) is 4. The van der Waals surface area contributed by atoms with E-state index in [9.17, 15) is 4.79 Å². The first-order valence-corrected chi connectivity index (χ1v) is 14.1. The average molecular weight is 522 g/mol. The lowest BCUT2D eigenvalue weighted by atomic mass is 9.74. The van der Waals surface area contributed by atoms with Gasteiger partial charge in [0, 0.05) is 65.9 Å². The Kier molecular flexibility index (Phi) is 4.72. The molecule has 3 aliphatic rings. The third-order valence-electron chi connectivity index (χ3n) is 10.1. The zero-order valence-corrected chi connectivity index (χ0v) is 23.0. The lowest BCUT2D eigenvalue weighted by Crippen LogP contribution is -2.61. The Morgan fingerprint density at radius 1 is 1.05 bits per heavy atom. The SMILES string of the molecule is CO[C@@H]1[C@H](N(C)C(=O)C(C)N)C[C@H]2C[C@]1(C)n1c3ccccc3c3c4c(c5c6ccccc6n2c5c31)CNC4. The van der Waals surface area contributed by atoms with Crippen LogP contribution < -0.4 is 11.1 Å². The predicted molar refractivity (Wildman–Crippen MR) is 156 cm³/mol. The zero-order chi connectivity index (χ0) is 26.8. The first kappa shape index (κ1) is 23.5. The second-order valence-electron chi connectivity index (χ2n) is 12.2. The van der Waals surface area contributed by atoms with Crippen molar-refractivity contribution in [2.45, 2.75) is 69.5 Å². The van der Waals surface area contributed by atoms with Crippen LogP contribution in [0.3, 0.4) is 0 Å². The van der Waals surface area contributed by atoms with Gasteiger partial charge in [-0.25, -0.2) is 0 Å². The van der Waals surface area contributed by atoms with Gasteiger partial charge in [-0.2, -0.15) is 0 Å². The molecule has 3 aromatic carbocycles. The summed E-state index contributed by atoms with van der Waals surface area (Å²) in [5, 5.41) is 9.04. The van der Waals surface area contributed by atoms with E-state index in [4.69, 9.17) is 10.5 Å². The number of fused-ring (bicyclic) bond motifs is 13. The van der Waals surface area contributed by atoms with Gasteiger partial charge in [-0.3, -0.25) is 4.79 Å². The highest BCUT2D eigenvalue weighted by atomic mass is 16.5. The number of nitrogens with one attached hydrogen (secondary N) is 1. The van der Waals surface area contributed by atoms with Gasteiger partial charge in [-0.15, -0.1) is 0 Å². The number of hydrogen-bond donors (Lipinski definition) is 2. The number of methoxy groups -OCH3 is 1. The van der Waals surface area contributed by atoms with E-state index in [2.05, 4.69) is 69.9 Å². The largest absolute Gasteiger partial charge is 0.377 e. The van der Waals surface area contributed by atoms with Crippen molar-refractivity contribution in [3.63, 3.8) is 0 Å². The molecule has 7 heteroatoms. The number of nitrogens with zero attached hydrogens (tertiary/aromatic N) is 3. The van der Waals surface area contributed by atoms with Crippen molar-refractivity contribution in [3.05, 3.63) is 59.7 Å². The quantitative estimate of drug-likeness (QED) is 0.359. The van der Waals surface area contributed by atoms with E-state index in [1.165, 1.54) is 54.7 Å². The molecule has 1 aliphatic carbocycles. The highest BCUT2D eigenvalue weighted by Gasteiger charge is 2.53. The summed E-state index contributed by atoms with van der Waals surface area (Å²) in [6, 6.07) is 17.3. The molecule has 5 atom stereocenters. The van der Waals surface area contributed by atoms with Crippen LogP contribution >= 0.6 is 0 Å². The zero-order valence-electron chi connectivity index (χ0n) is 23.0. The summed E-state index contributed by atoms with van der Waals surface area (Å²) in [5.41, 5.74) is 13.7. The third kappa shape index (κ3) is 2.75. The van der Waals surface area contributed by atoms with Crippen molar-refractivity contribution >= 4 is 49.5 Å². The fourth-order valence-corrected chi connectivity index (χ4v) is 8.65. The summed E-state index contributed by atoms with van der Waals surface area (Å²) < 4.78 is 11.6. The van der Waals surface area contributed by atoms with Gasteiger partial charge in [0.2, 0.25) is 5.91 Å². The third-order valence-corrected chi connectivity index (χ3v) is 10.1. The standard InChI is InChI=1S/C32H35N5O2/c1-17(33)31(38)35(3)25-13-18-14-32(2,30(25)39-4)37-24-12-8-6-10-20(24)27-22-16-34-15-21(22)26-19-9-5-7-11-23(19)36(18)28(26)29(27)37/h5-12,17-18,25,30,34H,13-16,33H2,1-4H3/t17?,18-,25+,30+,32-/m0/s1. The van der Waals surface area contributed by atoms with Crippen molar-refractivity contribution in [1.82, 2.24) is 19.4 Å². The topological polar surface area (TPSA) is 77.5 Å². The first-order chi connectivity index (χ1) is 18.9. The molecule has 200 valence electrons. The lowest BCUT2D eigenvalue weighted by Gasteiger charge is -2.51. The molecule has 2 bridgehead atoms. The fraction of sp³-hybridized carbons (Fsp3) is 0.406. The maximum Gasteiger partial charge on any atom is 0.239 e. The summed E-state index contributed by atoms with van der Waals surface area (Å²) >= 11 is 0. The fourth-order valence-electron chi connectivity index (χ4n) is 8.65. The average Bonchev–Trinajstić information content (AvgIpc) is 3.62. The highest BCUT2D eigenvalue weighted by Crippen LogP contribution is 2.55. The summed E-state index contributed by atoms with van der Waals surface area (Å²) in [6.07, 6.45) is 1.54. The second kappa shape index (κ2) is 7.84. The van der Waals surface area contributed by atoms with Gasteiger partial charge in [0.1, 0.15) is 6.10 Å². The molecule has 7 nitrogen and oxygen atoms in total. The summed E-state index contributed by atoms with van der Waals surface area (Å²) in [5.74, 6) is -0.0446. The number of likely N-dealkylation sites (N-methyl/N-ethyl adjacent to an activating group) is 1. The maximum atomic E-state index is 13.3. The van der Waals surface area contributed by atoms with Crippen LogP contribution in [-0.2, 0) is 28.2 Å². The Bertz CT molecular complexity index is 1850. The molecule has 2 aromatic heterocycles. The van der Waals surface area contributed by atoms with E-state index in [0.29, 0.717) is 0 Å². The number of benzene rings is 3. The van der Waals surface area contributed by atoms with E-state index in [1.807, 2.05) is 11.9 Å². The smallest absolute Gasteiger partial charge is 0.239 e. The van der Waals surface area contributed by atoms with Gasteiger partial charge >= 0.3 is 0 Å². The van der Waals surface area contributed by atoms with Gasteiger partial charge in [0.05, 0.1) is 28.7 Å². The number of para-hydroxylation sites is 2. The van der Waals surface area contributed by atoms with E-state index in [0.717, 1.165) is 25.9 Å². The number of aromatic nitrogens is 2. The molecule has 1 unspecified atom stereocenters. The molecule has 0 saturated heterocycles. The van der Waals surface area contributed by atoms with E-state index >= 15 is 0 Å². The Labute approximate surface area is 227 Å². The molecule has 0 spiro atoms. The second-order valence-corrected chi connectivity index (χ2v) is 12.2. The molecule has 1 amide bonds. The number of carbonyl (C=O) groups is 1. The van der Waals surface area contributed by atoms with Crippen LogP contribution in [0.5, 0.6) is 0 Å². The van der Waals surface area contributed by atoms with Gasteiger partial charge in [-0.1, -0.05) is 36.4 Å². The molecule has 4 heterocycles. The van der Waals surface area contributed by atoms with Gasteiger partial charge in [0.15, 0.2) is 0 Å². The van der Waals surface area contributed by atoms with Crippen LogP contribution in [0.25, 0.3) is 43.6 Å². The van der Waals surface area contributed by atoms with Crippen LogP contribution in [0.1, 0.15) is 43.9 Å². The van der Waals surface area contributed by atoms with Crippen LogP contribution in [-0.4, -0.2) is 52.3 Å². The van der Waals surface area contributed by atoms with Crippen LogP contribution in [0.15, 0.2) is 48.5 Å². The minimum Gasteiger partial charge on any atom is -0.377 e. The molecular formula is C32H35N5O2. The summed E-state index contributed by atoms with van der Waals surface area (Å²) in [7, 11) is 3.71. The molecule has 5 aromatic rings. The number of nitrogens with two attached hydrogens (primary N) is 1. The minimum absolute atomic E-state index is 0.0446. The van der Waals surface area contributed by atoms with Crippen molar-refractivity contribution in [1.29, 1.82) is 0 Å². The monoisotopic (exact) mass is 521 g/mol. The van der Waals surface area contributed by atoms with Gasteiger partial charge in [-0.05, 0) is 49.9 Å². The van der Waals surface area contributed by atoms with Crippen molar-refractivity contribution in [3.8, 4) is 0 Å². The van der Waals surface area contributed by atoms with Crippen molar-refractivity contribution in [2.24, 2.45) is 5.73 Å². The van der Waals surface area contributed by atoms with E-state index in [1.54, 1.807) is 14.0 Å². The molecule has 3 N–H and O–H groups in total. The molecule has 0 radical (unpaired) electrons. The number of amides is 1. The Morgan fingerprint density at radius 3 is 2.33 bits per heavy atom. The normalized spacial score (nSPS) is 26.5. The highest BCUT2D eigenvalue weighted by molar-refractivity contribution is 6.25. The molecule has 8 rings (SSSR count). The summed E-state index contributed by atoms with van der Waals surface area (Å²) in [6.45, 7) is 5.88. The van der Waals surface area contributed by atoms with Gasteiger partial charge < -0.3 is 29.8 Å². The first-order valence-electron chi connectivity index (χ1n) is 14.1. The number of ether oxygens (including phenoxy) is 1. The molecule has 1 saturated carbocycles. The van der Waals surface area contributed by atoms with Crippen LogP contribution in [0, 0.1) is 0 Å². The Balaban J connectivity index is 1.58. The maximum absolute atomic E-state index is 13.3. The molecule has 1 fully saturated rings. The van der Waals surface area contributed by atoms with Crippen LogP contribution in [0.4, 0.5) is 0 Å². The van der Waals surface area contributed by atoms with Crippen molar-refractivity contribution < 1.29 is 9.53 Å². The number of carbonyl (C=O) groups excluding carboxylic acids is 1. The summed E-state index contributed by atoms with van der Waals surface area (Å²) in [4.78, 5) is 15.2. The predicted octanol–water partition coefficient (Wildman–Crippen LogP) is 4.76. The molecular weight excluding hydrogens is 486 g/mol. The van der Waals surface area contributed by atoms with Gasteiger partial charge in [0.25, 0.3) is 0 Å². The van der Waals surface area contributed by atoms with E-state index in [-0.39, 0.29) is 29.6 Å². The number of rotatable bonds is 3.